The standard InChI is InChI=1S/C12H7F3N4O2/c13-12(14,15)6-3-8(7-1-2-16-9(7)4-6)11-10(19(20)21)5-17-18-11/h1-5,16H,(H,17,18). The van der Waals surface area contributed by atoms with Gasteiger partial charge in [-0.25, -0.2) is 0 Å². The topological polar surface area (TPSA) is 87.6 Å². The van der Waals surface area contributed by atoms with Crippen molar-refractivity contribution in [3.05, 3.63) is 46.3 Å². The highest BCUT2D eigenvalue weighted by Gasteiger charge is 2.32. The zero-order valence-corrected chi connectivity index (χ0v) is 10.2. The van der Waals surface area contributed by atoms with E-state index in [1.54, 1.807) is 6.07 Å². The average Bonchev–Trinajstić information content (AvgIpc) is 3.05. The zero-order chi connectivity index (χ0) is 15.2. The minimum absolute atomic E-state index is 0.0595. The zero-order valence-electron chi connectivity index (χ0n) is 10.2. The molecule has 0 aliphatic heterocycles. The van der Waals surface area contributed by atoms with Crippen LogP contribution in [0.1, 0.15) is 5.56 Å². The number of H-pyrrole nitrogens is 2. The molecule has 0 aliphatic rings. The molecule has 0 saturated heterocycles. The van der Waals surface area contributed by atoms with Crippen LogP contribution in [0.4, 0.5) is 18.9 Å². The van der Waals surface area contributed by atoms with Gasteiger partial charge in [-0.15, -0.1) is 0 Å². The molecule has 0 atom stereocenters. The summed E-state index contributed by atoms with van der Waals surface area (Å²) in [5.74, 6) is 0. The second-order valence-corrected chi connectivity index (χ2v) is 4.35. The Labute approximate surface area is 114 Å². The number of fused-ring (bicyclic) bond motifs is 1. The van der Waals surface area contributed by atoms with E-state index in [4.69, 9.17) is 0 Å². The summed E-state index contributed by atoms with van der Waals surface area (Å²) in [6, 6.07) is 3.38. The highest BCUT2D eigenvalue weighted by atomic mass is 19.4. The Morgan fingerprint density at radius 3 is 2.71 bits per heavy atom. The van der Waals surface area contributed by atoms with Gasteiger partial charge in [0.15, 0.2) is 0 Å². The molecule has 2 aromatic heterocycles. The van der Waals surface area contributed by atoms with Gasteiger partial charge in [0.1, 0.15) is 11.9 Å². The van der Waals surface area contributed by atoms with Crippen molar-refractivity contribution >= 4 is 16.6 Å². The third-order valence-corrected chi connectivity index (χ3v) is 3.08. The fraction of sp³-hybridized carbons (Fsp3) is 0.0833. The number of alkyl halides is 3. The Hall–Kier alpha value is -2.84. The van der Waals surface area contributed by atoms with Crippen LogP contribution in [-0.2, 0) is 6.18 Å². The average molecular weight is 296 g/mol. The molecule has 6 nitrogen and oxygen atoms in total. The summed E-state index contributed by atoms with van der Waals surface area (Å²) in [6.45, 7) is 0. The van der Waals surface area contributed by atoms with Crippen molar-refractivity contribution in [2.24, 2.45) is 0 Å². The van der Waals surface area contributed by atoms with Crippen molar-refractivity contribution in [2.45, 2.75) is 6.18 Å². The second kappa shape index (κ2) is 4.33. The summed E-state index contributed by atoms with van der Waals surface area (Å²) in [5.41, 5.74) is -1.02. The number of hydrogen-bond donors (Lipinski definition) is 2. The highest BCUT2D eigenvalue weighted by Crippen LogP contribution is 2.38. The SMILES string of the molecule is O=[N+]([O-])c1cn[nH]c1-c1cc(C(F)(F)F)cc2[nH]ccc12. The van der Waals surface area contributed by atoms with Crippen molar-refractivity contribution in [1.82, 2.24) is 15.2 Å². The first-order valence-corrected chi connectivity index (χ1v) is 5.74. The molecule has 0 aliphatic carbocycles. The third kappa shape index (κ3) is 2.12. The summed E-state index contributed by atoms with van der Waals surface area (Å²) in [6.07, 6.45) is -2.12. The fourth-order valence-corrected chi connectivity index (χ4v) is 2.15. The third-order valence-electron chi connectivity index (χ3n) is 3.08. The lowest BCUT2D eigenvalue weighted by Crippen LogP contribution is -2.05. The lowest BCUT2D eigenvalue weighted by Gasteiger charge is -2.09. The molecule has 3 rings (SSSR count). The van der Waals surface area contributed by atoms with Crippen molar-refractivity contribution < 1.29 is 18.1 Å². The minimum Gasteiger partial charge on any atom is -0.361 e. The summed E-state index contributed by atoms with van der Waals surface area (Å²) in [7, 11) is 0. The van der Waals surface area contributed by atoms with Gasteiger partial charge in [-0.05, 0) is 18.2 Å². The van der Waals surface area contributed by atoms with Crippen LogP contribution in [0.25, 0.3) is 22.2 Å². The van der Waals surface area contributed by atoms with Gasteiger partial charge >= 0.3 is 11.9 Å². The van der Waals surface area contributed by atoms with Crippen molar-refractivity contribution in [2.75, 3.05) is 0 Å². The fourth-order valence-electron chi connectivity index (χ4n) is 2.15. The lowest BCUT2D eigenvalue weighted by atomic mass is 10.0. The highest BCUT2D eigenvalue weighted by molar-refractivity contribution is 5.96. The maximum Gasteiger partial charge on any atom is 0.416 e. The van der Waals surface area contributed by atoms with Crippen LogP contribution in [0, 0.1) is 10.1 Å². The first-order valence-electron chi connectivity index (χ1n) is 5.74. The molecular formula is C12H7F3N4O2. The summed E-state index contributed by atoms with van der Waals surface area (Å²) in [4.78, 5) is 12.9. The number of aromatic nitrogens is 3. The number of nitrogens with zero attached hydrogens (tertiary/aromatic N) is 2. The molecule has 0 spiro atoms. The molecule has 2 heterocycles. The maximum atomic E-state index is 12.9. The number of rotatable bonds is 2. The Morgan fingerprint density at radius 2 is 2.05 bits per heavy atom. The lowest BCUT2D eigenvalue weighted by molar-refractivity contribution is -0.384. The predicted molar refractivity (Wildman–Crippen MR) is 67.5 cm³/mol. The molecule has 0 fully saturated rings. The smallest absolute Gasteiger partial charge is 0.361 e. The van der Waals surface area contributed by atoms with Gasteiger partial charge < -0.3 is 4.98 Å². The molecule has 21 heavy (non-hydrogen) atoms. The molecule has 0 amide bonds. The Morgan fingerprint density at radius 1 is 1.29 bits per heavy atom. The van der Waals surface area contributed by atoms with Gasteiger partial charge in [0.05, 0.1) is 10.5 Å². The van der Waals surface area contributed by atoms with E-state index in [0.29, 0.717) is 5.39 Å². The molecule has 0 radical (unpaired) electrons. The van der Waals surface area contributed by atoms with Crippen molar-refractivity contribution in [3.63, 3.8) is 0 Å². The van der Waals surface area contributed by atoms with E-state index in [9.17, 15) is 23.3 Å². The van der Waals surface area contributed by atoms with Gasteiger partial charge in [-0.3, -0.25) is 15.2 Å². The molecule has 0 unspecified atom stereocenters. The molecule has 2 N–H and O–H groups in total. The van der Waals surface area contributed by atoms with Crippen LogP contribution in [0.5, 0.6) is 0 Å². The number of aromatic amines is 2. The van der Waals surface area contributed by atoms with Crippen LogP contribution < -0.4 is 0 Å². The van der Waals surface area contributed by atoms with Crippen LogP contribution >= 0.6 is 0 Å². The van der Waals surface area contributed by atoms with Gasteiger partial charge in [-0.1, -0.05) is 0 Å². The first-order chi connectivity index (χ1) is 9.88. The van der Waals surface area contributed by atoms with Crippen LogP contribution in [-0.4, -0.2) is 20.1 Å². The molecule has 0 bridgehead atoms. The Kier molecular flexibility index (Phi) is 2.71. The quantitative estimate of drug-likeness (QED) is 0.560. The van der Waals surface area contributed by atoms with Crippen LogP contribution in [0.15, 0.2) is 30.6 Å². The number of benzene rings is 1. The predicted octanol–water partition coefficient (Wildman–Crippen LogP) is 3.49. The van der Waals surface area contributed by atoms with Gasteiger partial charge in [0.25, 0.3) is 0 Å². The van der Waals surface area contributed by atoms with Crippen molar-refractivity contribution in [1.29, 1.82) is 0 Å². The molecule has 1 aromatic carbocycles. The Balaban J connectivity index is 2.33. The molecular weight excluding hydrogens is 289 g/mol. The number of nitro groups is 1. The van der Waals surface area contributed by atoms with Crippen LogP contribution in [0.3, 0.4) is 0 Å². The van der Waals surface area contributed by atoms with Gasteiger partial charge in [0, 0.05) is 22.7 Å². The monoisotopic (exact) mass is 296 g/mol. The van der Waals surface area contributed by atoms with Crippen molar-refractivity contribution in [3.8, 4) is 11.3 Å². The maximum absolute atomic E-state index is 12.9. The van der Waals surface area contributed by atoms with E-state index in [1.165, 1.54) is 6.20 Å². The normalized spacial score (nSPS) is 12.0. The van der Waals surface area contributed by atoms with E-state index in [-0.39, 0.29) is 22.5 Å². The minimum atomic E-state index is -4.55. The number of halogens is 3. The van der Waals surface area contributed by atoms with E-state index in [0.717, 1.165) is 18.3 Å². The Bertz CT molecular complexity index is 835. The van der Waals surface area contributed by atoms with Gasteiger partial charge in [-0.2, -0.15) is 18.3 Å². The summed E-state index contributed by atoms with van der Waals surface area (Å²) < 4.78 is 38.8. The second-order valence-electron chi connectivity index (χ2n) is 4.35. The van der Waals surface area contributed by atoms with E-state index >= 15 is 0 Å². The summed E-state index contributed by atoms with van der Waals surface area (Å²) >= 11 is 0. The molecule has 108 valence electrons. The molecule has 9 heteroatoms. The first kappa shape index (κ1) is 13.2. The van der Waals surface area contributed by atoms with E-state index in [2.05, 4.69) is 15.2 Å². The summed E-state index contributed by atoms with van der Waals surface area (Å²) in [5, 5.41) is 17.3. The van der Waals surface area contributed by atoms with E-state index in [1.807, 2.05) is 0 Å². The molecule has 3 aromatic rings. The number of nitrogens with one attached hydrogen (secondary N) is 2. The number of hydrogen-bond acceptors (Lipinski definition) is 3. The van der Waals surface area contributed by atoms with Gasteiger partial charge in [0.2, 0.25) is 0 Å². The van der Waals surface area contributed by atoms with Crippen LogP contribution in [0.2, 0.25) is 0 Å². The van der Waals surface area contributed by atoms with E-state index < -0.39 is 16.7 Å². The largest absolute Gasteiger partial charge is 0.416 e. The molecule has 0 saturated carbocycles.